The Balaban J connectivity index is 2.53. The third-order valence-corrected chi connectivity index (χ3v) is 2.68. The van der Waals surface area contributed by atoms with E-state index in [2.05, 4.69) is 15.4 Å². The molecule has 0 spiro atoms. The molecule has 1 aromatic heterocycles. The standard InChI is InChI=1S/C14H24N4O3/c1-10(2)12(13(20)21-14(3,4)5)17-11(19)6-7-18-9-15-8-16-18/h8-10,12H,6-7H2,1-5H3,(H,17,19)/t12-/m0/s1. The number of ether oxygens (including phenoxy) is 1. The van der Waals surface area contributed by atoms with Gasteiger partial charge in [0, 0.05) is 6.42 Å². The zero-order chi connectivity index (χ0) is 16.0. The summed E-state index contributed by atoms with van der Waals surface area (Å²) in [7, 11) is 0. The van der Waals surface area contributed by atoms with Gasteiger partial charge in [-0.1, -0.05) is 13.8 Å². The summed E-state index contributed by atoms with van der Waals surface area (Å²) in [5.74, 6) is -0.670. The van der Waals surface area contributed by atoms with E-state index in [4.69, 9.17) is 4.74 Å². The van der Waals surface area contributed by atoms with Gasteiger partial charge in [0.1, 0.15) is 24.3 Å². The number of carbonyl (C=O) groups excluding carboxylic acids is 2. The second-order valence-corrected chi connectivity index (χ2v) is 6.23. The minimum atomic E-state index is -0.646. The molecule has 0 saturated heterocycles. The molecular formula is C14H24N4O3. The second-order valence-electron chi connectivity index (χ2n) is 6.23. The fourth-order valence-corrected chi connectivity index (χ4v) is 1.67. The van der Waals surface area contributed by atoms with E-state index in [9.17, 15) is 9.59 Å². The number of nitrogens with one attached hydrogen (secondary N) is 1. The van der Waals surface area contributed by atoms with Crippen LogP contribution in [0, 0.1) is 5.92 Å². The van der Waals surface area contributed by atoms with Crippen LogP contribution in [-0.2, 0) is 20.9 Å². The topological polar surface area (TPSA) is 86.1 Å². The first-order valence-corrected chi connectivity index (χ1v) is 7.03. The van der Waals surface area contributed by atoms with Crippen LogP contribution in [0.1, 0.15) is 41.0 Å². The first-order valence-electron chi connectivity index (χ1n) is 7.03. The molecule has 1 atom stereocenters. The van der Waals surface area contributed by atoms with Gasteiger partial charge in [-0.3, -0.25) is 9.48 Å². The first kappa shape index (κ1) is 17.1. The fraction of sp³-hybridized carbons (Fsp3) is 0.714. The predicted molar refractivity (Wildman–Crippen MR) is 77.3 cm³/mol. The normalized spacial score (nSPS) is 13.0. The number of hydrogen-bond acceptors (Lipinski definition) is 5. The summed E-state index contributed by atoms with van der Waals surface area (Å²) >= 11 is 0. The van der Waals surface area contributed by atoms with Crippen LogP contribution in [0.2, 0.25) is 0 Å². The van der Waals surface area contributed by atoms with E-state index in [0.29, 0.717) is 6.54 Å². The molecule has 0 aliphatic carbocycles. The Morgan fingerprint density at radius 3 is 2.48 bits per heavy atom. The van der Waals surface area contributed by atoms with Crippen LogP contribution in [0.15, 0.2) is 12.7 Å². The van der Waals surface area contributed by atoms with Crippen LogP contribution >= 0.6 is 0 Å². The van der Waals surface area contributed by atoms with Gasteiger partial charge < -0.3 is 10.1 Å². The Kier molecular flexibility index (Phi) is 5.87. The maximum atomic E-state index is 12.1. The molecular weight excluding hydrogens is 272 g/mol. The monoisotopic (exact) mass is 296 g/mol. The van der Waals surface area contributed by atoms with E-state index in [0.717, 1.165) is 0 Å². The van der Waals surface area contributed by atoms with Crippen LogP contribution in [0.3, 0.4) is 0 Å². The molecule has 1 aromatic rings. The number of nitrogens with zero attached hydrogens (tertiary/aromatic N) is 3. The zero-order valence-corrected chi connectivity index (χ0v) is 13.3. The lowest BCUT2D eigenvalue weighted by molar-refractivity contribution is -0.160. The van der Waals surface area contributed by atoms with Gasteiger partial charge in [0.25, 0.3) is 0 Å². The average Bonchev–Trinajstić information content (AvgIpc) is 2.83. The second kappa shape index (κ2) is 7.19. The number of hydrogen-bond donors (Lipinski definition) is 1. The van der Waals surface area contributed by atoms with Crippen molar-refractivity contribution in [2.24, 2.45) is 5.92 Å². The largest absolute Gasteiger partial charge is 0.458 e. The third kappa shape index (κ3) is 6.37. The fourth-order valence-electron chi connectivity index (χ4n) is 1.67. The Hall–Kier alpha value is -1.92. The molecule has 0 aromatic carbocycles. The van der Waals surface area contributed by atoms with E-state index >= 15 is 0 Å². The van der Waals surface area contributed by atoms with E-state index in [1.165, 1.54) is 6.33 Å². The Labute approximate surface area is 125 Å². The van der Waals surface area contributed by atoms with E-state index in [1.54, 1.807) is 31.8 Å². The number of aryl methyl sites for hydroxylation is 1. The van der Waals surface area contributed by atoms with E-state index in [1.807, 2.05) is 13.8 Å². The highest BCUT2D eigenvalue weighted by atomic mass is 16.6. The molecule has 118 valence electrons. The molecule has 0 unspecified atom stereocenters. The predicted octanol–water partition coefficient (Wildman–Crippen LogP) is 1.15. The summed E-state index contributed by atoms with van der Waals surface area (Å²) in [6.07, 6.45) is 3.19. The van der Waals surface area contributed by atoms with Crippen molar-refractivity contribution < 1.29 is 14.3 Å². The molecule has 0 bridgehead atoms. The summed E-state index contributed by atoms with van der Waals surface area (Å²) in [5.41, 5.74) is -0.574. The number of rotatable bonds is 6. The Bertz CT molecular complexity index is 463. The molecule has 7 nitrogen and oxygen atoms in total. The van der Waals surface area contributed by atoms with Gasteiger partial charge in [0.15, 0.2) is 0 Å². The highest BCUT2D eigenvalue weighted by Gasteiger charge is 2.28. The van der Waals surface area contributed by atoms with Crippen molar-refractivity contribution >= 4 is 11.9 Å². The summed E-state index contributed by atoms with van der Waals surface area (Å²) in [6, 6.07) is -0.646. The SMILES string of the molecule is CC(C)[C@H](NC(=O)CCn1cncn1)C(=O)OC(C)(C)C. The van der Waals surface area contributed by atoms with Gasteiger partial charge in [-0.05, 0) is 26.7 Å². The van der Waals surface area contributed by atoms with Gasteiger partial charge in [0.05, 0.1) is 6.54 Å². The molecule has 7 heteroatoms. The average molecular weight is 296 g/mol. The number of esters is 1. The van der Waals surface area contributed by atoms with Crippen molar-refractivity contribution in [1.82, 2.24) is 20.1 Å². The number of aromatic nitrogens is 3. The smallest absolute Gasteiger partial charge is 0.329 e. The van der Waals surface area contributed by atoms with E-state index < -0.39 is 17.6 Å². The van der Waals surface area contributed by atoms with Gasteiger partial charge in [0.2, 0.25) is 5.91 Å². The highest BCUT2D eigenvalue weighted by molar-refractivity contribution is 5.84. The lowest BCUT2D eigenvalue weighted by atomic mass is 10.0. The van der Waals surface area contributed by atoms with Gasteiger partial charge in [-0.15, -0.1) is 0 Å². The first-order chi connectivity index (χ1) is 9.69. The van der Waals surface area contributed by atoms with Crippen molar-refractivity contribution in [2.75, 3.05) is 0 Å². The van der Waals surface area contributed by atoms with Gasteiger partial charge >= 0.3 is 5.97 Å². The van der Waals surface area contributed by atoms with Gasteiger partial charge in [-0.2, -0.15) is 5.10 Å². The van der Waals surface area contributed by atoms with Crippen LogP contribution < -0.4 is 5.32 Å². The molecule has 1 heterocycles. The molecule has 0 saturated carbocycles. The molecule has 1 rings (SSSR count). The lowest BCUT2D eigenvalue weighted by Crippen LogP contribution is -2.47. The van der Waals surface area contributed by atoms with Gasteiger partial charge in [-0.25, -0.2) is 9.78 Å². The molecule has 1 N–H and O–H groups in total. The van der Waals surface area contributed by atoms with Crippen molar-refractivity contribution in [3.8, 4) is 0 Å². The van der Waals surface area contributed by atoms with Crippen molar-refractivity contribution in [2.45, 2.75) is 59.2 Å². The number of carbonyl (C=O) groups is 2. The summed E-state index contributed by atoms with van der Waals surface area (Å²) in [6.45, 7) is 9.56. The molecule has 0 fully saturated rings. The van der Waals surface area contributed by atoms with E-state index in [-0.39, 0.29) is 18.2 Å². The molecule has 0 aliphatic rings. The van der Waals surface area contributed by atoms with Crippen molar-refractivity contribution in [3.63, 3.8) is 0 Å². The molecule has 0 aliphatic heterocycles. The Morgan fingerprint density at radius 2 is 2.00 bits per heavy atom. The minimum absolute atomic E-state index is 0.0461. The minimum Gasteiger partial charge on any atom is -0.458 e. The summed E-state index contributed by atoms with van der Waals surface area (Å²) in [4.78, 5) is 27.9. The van der Waals surface area contributed by atoms with Crippen LogP contribution in [0.5, 0.6) is 0 Å². The quantitative estimate of drug-likeness (QED) is 0.796. The lowest BCUT2D eigenvalue weighted by Gasteiger charge is -2.26. The zero-order valence-electron chi connectivity index (χ0n) is 13.3. The summed E-state index contributed by atoms with van der Waals surface area (Å²) in [5, 5.41) is 6.65. The molecule has 1 amide bonds. The van der Waals surface area contributed by atoms with Crippen LogP contribution in [-0.4, -0.2) is 38.3 Å². The van der Waals surface area contributed by atoms with Crippen molar-refractivity contribution in [3.05, 3.63) is 12.7 Å². The Morgan fingerprint density at radius 1 is 1.33 bits per heavy atom. The van der Waals surface area contributed by atoms with Crippen molar-refractivity contribution in [1.29, 1.82) is 0 Å². The summed E-state index contributed by atoms with van der Waals surface area (Å²) < 4.78 is 6.90. The molecule has 21 heavy (non-hydrogen) atoms. The molecule has 0 radical (unpaired) electrons. The highest BCUT2D eigenvalue weighted by Crippen LogP contribution is 2.12. The van der Waals surface area contributed by atoms with Crippen LogP contribution in [0.4, 0.5) is 0 Å². The number of amides is 1. The maximum absolute atomic E-state index is 12.1. The maximum Gasteiger partial charge on any atom is 0.329 e. The van der Waals surface area contributed by atoms with Crippen LogP contribution in [0.25, 0.3) is 0 Å². The third-order valence-electron chi connectivity index (χ3n) is 2.68.